The number of thiol groups is 2. The molecule has 2 aromatic heterocycles. The number of carbonyl (C=O) groups is 1. The number of imidazole rings is 1. The second-order valence-corrected chi connectivity index (χ2v) is 6.75. The average Bonchev–Trinajstić information content (AvgIpc) is 3.18. The van der Waals surface area contributed by atoms with Gasteiger partial charge in [-0.15, -0.1) is 23.3 Å². The fourth-order valence-electron chi connectivity index (χ4n) is 2.81. The van der Waals surface area contributed by atoms with Crippen LogP contribution in [-0.4, -0.2) is 54.2 Å². The van der Waals surface area contributed by atoms with Crippen molar-refractivity contribution in [1.29, 1.82) is 0 Å². The van der Waals surface area contributed by atoms with Crippen molar-refractivity contribution in [2.24, 2.45) is 0 Å². The summed E-state index contributed by atoms with van der Waals surface area (Å²) in [5.74, 6) is -0.0259. The highest BCUT2D eigenvalue weighted by molar-refractivity contribution is 8.59. The van der Waals surface area contributed by atoms with E-state index < -0.39 is 0 Å². The monoisotopic (exact) mass is 406 g/mol. The summed E-state index contributed by atoms with van der Waals surface area (Å²) in [5.41, 5.74) is 2.22. The Balaban J connectivity index is 0.00000117. The highest BCUT2D eigenvalue weighted by atomic mass is 33.1. The number of amides is 1. The first kappa shape index (κ1) is 21.1. The van der Waals surface area contributed by atoms with Crippen molar-refractivity contribution in [1.82, 2.24) is 19.6 Å². The lowest BCUT2D eigenvalue weighted by Gasteiger charge is -2.17. The summed E-state index contributed by atoms with van der Waals surface area (Å²) < 4.78 is 2.99. The van der Waals surface area contributed by atoms with Gasteiger partial charge in [0, 0.05) is 23.9 Å². The summed E-state index contributed by atoms with van der Waals surface area (Å²) in [4.78, 5) is 19.8. The van der Waals surface area contributed by atoms with Crippen LogP contribution in [-0.2, 0) is 0 Å². The SMILES string of the molecule is SS.[B]c1cn2c(n1)sc1cc(C(=O)NCCCN(CC)CC)ccc12. The van der Waals surface area contributed by atoms with E-state index in [2.05, 4.69) is 52.4 Å². The number of rotatable bonds is 7. The van der Waals surface area contributed by atoms with E-state index in [4.69, 9.17) is 7.85 Å². The van der Waals surface area contributed by atoms with Gasteiger partial charge in [0.25, 0.3) is 5.91 Å². The minimum atomic E-state index is -0.0259. The molecular formula is C17H23BN4OS3. The molecule has 26 heavy (non-hydrogen) atoms. The van der Waals surface area contributed by atoms with Crippen molar-refractivity contribution in [2.45, 2.75) is 20.3 Å². The fourth-order valence-corrected chi connectivity index (χ4v) is 3.86. The average molecular weight is 406 g/mol. The number of hydrogen-bond acceptors (Lipinski definition) is 6. The van der Waals surface area contributed by atoms with E-state index in [1.807, 2.05) is 22.6 Å². The zero-order valence-corrected chi connectivity index (χ0v) is 17.6. The van der Waals surface area contributed by atoms with Crippen molar-refractivity contribution >= 4 is 69.2 Å². The number of nitrogens with zero attached hydrogens (tertiary/aromatic N) is 3. The standard InChI is InChI=1S/C17H21BN4OS.H2S2/c1-3-21(4-2)9-5-8-19-16(23)12-6-7-13-14(10-12)24-17-20-15(18)11-22(13)17;1-2/h6-7,10-11H,3-5,8-9H2,1-2H3,(H,19,23);1-2H. The number of fused-ring (bicyclic) bond motifs is 3. The molecule has 3 aromatic rings. The van der Waals surface area contributed by atoms with Gasteiger partial charge in [-0.1, -0.05) is 25.2 Å². The topological polar surface area (TPSA) is 49.6 Å². The zero-order chi connectivity index (χ0) is 19.1. The van der Waals surface area contributed by atoms with Gasteiger partial charge in [-0.2, -0.15) is 0 Å². The molecule has 0 aliphatic rings. The van der Waals surface area contributed by atoms with Gasteiger partial charge in [0.1, 0.15) is 7.85 Å². The Kier molecular flexibility index (Phi) is 8.34. The largest absolute Gasteiger partial charge is 0.352 e. The Hall–Kier alpha value is -1.16. The minimum Gasteiger partial charge on any atom is -0.352 e. The van der Waals surface area contributed by atoms with Gasteiger partial charge in [0.15, 0.2) is 4.96 Å². The van der Waals surface area contributed by atoms with Gasteiger partial charge in [-0.3, -0.25) is 9.20 Å². The van der Waals surface area contributed by atoms with Crippen LogP contribution < -0.4 is 10.9 Å². The molecule has 9 heteroatoms. The molecule has 0 saturated carbocycles. The van der Waals surface area contributed by atoms with E-state index in [1.54, 1.807) is 6.20 Å². The predicted octanol–water partition coefficient (Wildman–Crippen LogP) is 2.57. The first-order chi connectivity index (χ1) is 12.6. The van der Waals surface area contributed by atoms with Crippen molar-refractivity contribution in [3.05, 3.63) is 30.0 Å². The first-order valence-electron chi connectivity index (χ1n) is 8.50. The van der Waals surface area contributed by atoms with E-state index in [1.165, 1.54) is 11.3 Å². The third-order valence-electron chi connectivity index (χ3n) is 4.21. The number of benzene rings is 1. The highest BCUT2D eigenvalue weighted by Crippen LogP contribution is 2.25. The second-order valence-electron chi connectivity index (χ2n) is 5.74. The molecule has 3 rings (SSSR count). The number of thiazole rings is 1. The lowest BCUT2D eigenvalue weighted by molar-refractivity contribution is 0.0952. The maximum atomic E-state index is 12.3. The summed E-state index contributed by atoms with van der Waals surface area (Å²) in [6, 6.07) is 5.72. The van der Waals surface area contributed by atoms with Crippen molar-refractivity contribution < 1.29 is 4.79 Å². The summed E-state index contributed by atoms with van der Waals surface area (Å²) >= 11 is 7.98. The Morgan fingerprint density at radius 1 is 1.35 bits per heavy atom. The number of nitrogens with one attached hydrogen (secondary N) is 1. The quantitative estimate of drug-likeness (QED) is 0.245. The minimum absolute atomic E-state index is 0.0259. The Morgan fingerprint density at radius 2 is 2.08 bits per heavy atom. The number of aromatic nitrogens is 2. The number of carbonyl (C=O) groups excluding carboxylic acids is 1. The summed E-state index contributed by atoms with van der Waals surface area (Å²) in [6.07, 6.45) is 2.77. The van der Waals surface area contributed by atoms with Crippen LogP contribution in [0, 0.1) is 0 Å². The van der Waals surface area contributed by atoms with Crippen LogP contribution in [0.25, 0.3) is 15.2 Å². The van der Waals surface area contributed by atoms with Gasteiger partial charge >= 0.3 is 0 Å². The summed E-state index contributed by atoms with van der Waals surface area (Å²) in [5, 5.41) is 3.00. The smallest absolute Gasteiger partial charge is 0.251 e. The van der Waals surface area contributed by atoms with Crippen LogP contribution in [0.2, 0.25) is 0 Å². The predicted molar refractivity (Wildman–Crippen MR) is 119 cm³/mol. The maximum absolute atomic E-state index is 12.3. The Morgan fingerprint density at radius 3 is 2.77 bits per heavy atom. The Labute approximate surface area is 169 Å². The first-order valence-corrected chi connectivity index (χ1v) is 10.9. The molecule has 0 saturated heterocycles. The molecular weight excluding hydrogens is 383 g/mol. The third-order valence-corrected chi connectivity index (χ3v) is 5.22. The lowest BCUT2D eigenvalue weighted by atomic mass is 10.1. The molecule has 0 fully saturated rings. The molecule has 1 amide bonds. The molecule has 138 valence electrons. The normalized spacial score (nSPS) is 11.0. The van der Waals surface area contributed by atoms with E-state index in [0.717, 1.165) is 41.2 Å². The molecule has 0 spiro atoms. The van der Waals surface area contributed by atoms with Crippen LogP contribution in [0.1, 0.15) is 30.6 Å². The van der Waals surface area contributed by atoms with Crippen molar-refractivity contribution in [2.75, 3.05) is 26.2 Å². The molecule has 5 nitrogen and oxygen atoms in total. The summed E-state index contributed by atoms with van der Waals surface area (Å²) in [7, 11) is 5.72. The van der Waals surface area contributed by atoms with Crippen LogP contribution in [0.15, 0.2) is 24.4 Å². The van der Waals surface area contributed by atoms with Gasteiger partial charge < -0.3 is 10.2 Å². The summed E-state index contributed by atoms with van der Waals surface area (Å²) in [6.45, 7) is 8.11. The van der Waals surface area contributed by atoms with Gasteiger partial charge in [-0.05, 0) is 44.3 Å². The molecule has 2 radical (unpaired) electrons. The molecule has 1 N–H and O–H groups in total. The molecule has 0 aliphatic carbocycles. The zero-order valence-electron chi connectivity index (χ0n) is 15.0. The van der Waals surface area contributed by atoms with Crippen LogP contribution in [0.5, 0.6) is 0 Å². The molecule has 0 aliphatic heterocycles. The third kappa shape index (κ3) is 4.97. The molecule has 1 aromatic carbocycles. The fraction of sp³-hybridized carbons (Fsp3) is 0.412. The number of hydrogen-bond donors (Lipinski definition) is 3. The van der Waals surface area contributed by atoms with Crippen molar-refractivity contribution in [3.63, 3.8) is 0 Å². The van der Waals surface area contributed by atoms with E-state index in [9.17, 15) is 4.79 Å². The molecule has 0 unspecified atom stereocenters. The van der Waals surface area contributed by atoms with Crippen LogP contribution >= 0.6 is 34.7 Å². The van der Waals surface area contributed by atoms with E-state index >= 15 is 0 Å². The maximum Gasteiger partial charge on any atom is 0.251 e. The lowest BCUT2D eigenvalue weighted by Crippen LogP contribution is -2.29. The van der Waals surface area contributed by atoms with Crippen LogP contribution in [0.3, 0.4) is 0 Å². The van der Waals surface area contributed by atoms with Gasteiger partial charge in [0.2, 0.25) is 0 Å². The van der Waals surface area contributed by atoms with Gasteiger partial charge in [-0.25, -0.2) is 4.98 Å². The molecule has 0 bridgehead atoms. The molecule has 0 atom stereocenters. The molecule has 2 heterocycles. The van der Waals surface area contributed by atoms with E-state index in [-0.39, 0.29) is 5.91 Å². The highest BCUT2D eigenvalue weighted by Gasteiger charge is 2.11. The van der Waals surface area contributed by atoms with E-state index in [0.29, 0.717) is 17.7 Å². The van der Waals surface area contributed by atoms with Gasteiger partial charge in [0.05, 0.1) is 10.2 Å². The Bertz CT molecular complexity index is 860. The van der Waals surface area contributed by atoms with Crippen molar-refractivity contribution in [3.8, 4) is 0 Å². The van der Waals surface area contributed by atoms with Crippen LogP contribution in [0.4, 0.5) is 0 Å². The second kappa shape index (κ2) is 10.2.